The maximum atomic E-state index is 12.0. The molecule has 0 fully saturated rings. The van der Waals surface area contributed by atoms with E-state index in [0.717, 1.165) is 16.9 Å². The Kier molecular flexibility index (Phi) is 3.75. The third kappa shape index (κ3) is 2.98. The number of rotatable bonds is 3. The predicted molar refractivity (Wildman–Crippen MR) is 87.2 cm³/mol. The molecule has 0 unspecified atom stereocenters. The Morgan fingerprint density at radius 2 is 1.57 bits per heavy atom. The molecule has 0 aliphatic carbocycles. The third-order valence-corrected chi connectivity index (χ3v) is 3.46. The molecular weight excluding hydrogens is 284 g/mol. The van der Waals surface area contributed by atoms with E-state index in [0.29, 0.717) is 10.6 Å². The highest BCUT2D eigenvalue weighted by atomic mass is 35.5. The summed E-state index contributed by atoms with van der Waals surface area (Å²) in [6.45, 7) is 0. The van der Waals surface area contributed by atoms with E-state index in [4.69, 9.17) is 11.6 Å². The number of halogens is 1. The lowest BCUT2D eigenvalue weighted by atomic mass is 10.1. The molecule has 2 N–H and O–H groups in total. The first kappa shape index (κ1) is 13.5. The molecule has 1 aromatic heterocycles. The molecule has 0 saturated carbocycles. The molecule has 0 saturated heterocycles. The van der Waals surface area contributed by atoms with E-state index >= 15 is 0 Å². The molecule has 1 heterocycles. The second-order valence-electron chi connectivity index (χ2n) is 4.60. The van der Waals surface area contributed by atoms with E-state index in [1.165, 1.54) is 0 Å². The number of para-hydroxylation sites is 1. The molecule has 0 bridgehead atoms. The number of aromatic nitrogens is 1. The molecule has 0 radical (unpaired) electrons. The van der Waals surface area contributed by atoms with Crippen LogP contribution >= 0.6 is 11.6 Å². The molecule has 0 aliphatic rings. The van der Waals surface area contributed by atoms with Crippen molar-refractivity contribution in [2.75, 3.05) is 5.32 Å². The zero-order valence-corrected chi connectivity index (χ0v) is 11.9. The van der Waals surface area contributed by atoms with E-state index < -0.39 is 0 Å². The molecule has 3 rings (SSSR count). The Morgan fingerprint density at radius 3 is 2.33 bits per heavy atom. The first-order valence-corrected chi connectivity index (χ1v) is 6.91. The fourth-order valence-corrected chi connectivity index (χ4v) is 2.36. The smallest absolute Gasteiger partial charge is 0.256 e. The number of hydrogen-bond acceptors (Lipinski definition) is 2. The average Bonchev–Trinajstić information content (AvgIpc) is 2.51. The van der Waals surface area contributed by atoms with Gasteiger partial charge in [-0.05, 0) is 24.3 Å². The lowest BCUT2D eigenvalue weighted by molar-refractivity contribution is 1.24. The summed E-state index contributed by atoms with van der Waals surface area (Å²) in [6.07, 6.45) is 1.65. The number of aromatic amines is 1. The van der Waals surface area contributed by atoms with Gasteiger partial charge in [0.25, 0.3) is 5.56 Å². The van der Waals surface area contributed by atoms with Gasteiger partial charge in [-0.2, -0.15) is 0 Å². The second-order valence-corrected chi connectivity index (χ2v) is 5.01. The van der Waals surface area contributed by atoms with Crippen LogP contribution in [0.4, 0.5) is 11.4 Å². The van der Waals surface area contributed by atoms with Crippen LogP contribution in [0.3, 0.4) is 0 Å². The predicted octanol–water partition coefficient (Wildman–Crippen LogP) is 4.44. The van der Waals surface area contributed by atoms with Crippen LogP contribution in [0.5, 0.6) is 0 Å². The average molecular weight is 297 g/mol. The summed E-state index contributed by atoms with van der Waals surface area (Å²) in [5.41, 5.74) is 2.85. The fraction of sp³-hybridized carbons (Fsp3) is 0. The first-order chi connectivity index (χ1) is 10.2. The van der Waals surface area contributed by atoms with Gasteiger partial charge >= 0.3 is 0 Å². The molecule has 0 spiro atoms. The van der Waals surface area contributed by atoms with Crippen molar-refractivity contribution < 1.29 is 0 Å². The van der Waals surface area contributed by atoms with Crippen molar-refractivity contribution in [1.29, 1.82) is 0 Å². The molecule has 3 aromatic rings. The fourth-order valence-electron chi connectivity index (χ4n) is 2.12. The Morgan fingerprint density at radius 1 is 0.857 bits per heavy atom. The van der Waals surface area contributed by atoms with Gasteiger partial charge in [-0.15, -0.1) is 0 Å². The molecule has 21 heavy (non-hydrogen) atoms. The molecule has 4 heteroatoms. The topological polar surface area (TPSA) is 44.9 Å². The highest BCUT2D eigenvalue weighted by Crippen LogP contribution is 2.27. The quantitative estimate of drug-likeness (QED) is 0.750. The summed E-state index contributed by atoms with van der Waals surface area (Å²) < 4.78 is 0. The summed E-state index contributed by atoms with van der Waals surface area (Å²) in [5, 5.41) is 3.80. The van der Waals surface area contributed by atoms with Gasteiger partial charge in [0.15, 0.2) is 0 Å². The van der Waals surface area contributed by atoms with E-state index in [1.54, 1.807) is 18.3 Å². The Hall–Kier alpha value is -2.52. The van der Waals surface area contributed by atoms with Crippen LogP contribution in [0.2, 0.25) is 5.02 Å². The monoisotopic (exact) mass is 296 g/mol. The number of hydrogen-bond donors (Lipinski definition) is 2. The summed E-state index contributed by atoms with van der Waals surface area (Å²) >= 11 is 6.17. The lowest BCUT2D eigenvalue weighted by Crippen LogP contribution is -2.09. The van der Waals surface area contributed by atoms with Crippen molar-refractivity contribution in [2.45, 2.75) is 0 Å². The Balaban J connectivity index is 2.01. The molecule has 2 aromatic carbocycles. The van der Waals surface area contributed by atoms with Crippen molar-refractivity contribution in [2.24, 2.45) is 0 Å². The Bertz CT molecular complexity index is 812. The van der Waals surface area contributed by atoms with Crippen molar-refractivity contribution >= 4 is 23.0 Å². The summed E-state index contributed by atoms with van der Waals surface area (Å²) in [7, 11) is 0. The van der Waals surface area contributed by atoms with E-state index in [2.05, 4.69) is 10.3 Å². The van der Waals surface area contributed by atoms with Crippen LogP contribution in [-0.4, -0.2) is 4.98 Å². The third-order valence-electron chi connectivity index (χ3n) is 3.13. The first-order valence-electron chi connectivity index (χ1n) is 6.54. The van der Waals surface area contributed by atoms with Crippen LogP contribution in [0, 0.1) is 0 Å². The van der Waals surface area contributed by atoms with E-state index in [1.807, 2.05) is 48.5 Å². The maximum Gasteiger partial charge on any atom is 0.256 e. The molecule has 0 amide bonds. The van der Waals surface area contributed by atoms with Crippen LogP contribution in [-0.2, 0) is 0 Å². The van der Waals surface area contributed by atoms with Gasteiger partial charge in [-0.3, -0.25) is 4.79 Å². The highest BCUT2D eigenvalue weighted by molar-refractivity contribution is 6.33. The summed E-state index contributed by atoms with van der Waals surface area (Å²) in [5.74, 6) is 0. The van der Waals surface area contributed by atoms with Crippen molar-refractivity contribution in [1.82, 2.24) is 4.98 Å². The van der Waals surface area contributed by atoms with Gasteiger partial charge in [-0.25, -0.2) is 0 Å². The van der Waals surface area contributed by atoms with Crippen LogP contribution in [0.25, 0.3) is 11.1 Å². The molecular formula is C17H13ClN2O. The molecule has 104 valence electrons. The lowest BCUT2D eigenvalue weighted by Gasteiger charge is -2.09. The maximum absolute atomic E-state index is 12.0. The van der Waals surface area contributed by atoms with E-state index in [-0.39, 0.29) is 5.56 Å². The minimum absolute atomic E-state index is 0.165. The number of H-pyrrole nitrogens is 1. The minimum atomic E-state index is -0.165. The second kappa shape index (κ2) is 5.85. The van der Waals surface area contributed by atoms with Crippen LogP contribution in [0.15, 0.2) is 71.7 Å². The van der Waals surface area contributed by atoms with Gasteiger partial charge < -0.3 is 10.3 Å². The molecule has 3 nitrogen and oxygen atoms in total. The minimum Gasteiger partial charge on any atom is -0.354 e. The van der Waals surface area contributed by atoms with Crippen molar-refractivity contribution in [3.8, 4) is 11.1 Å². The molecule has 0 aliphatic heterocycles. The number of anilines is 2. The van der Waals surface area contributed by atoms with Gasteiger partial charge in [-0.1, -0.05) is 48.0 Å². The van der Waals surface area contributed by atoms with E-state index in [9.17, 15) is 4.79 Å². The number of nitrogens with one attached hydrogen (secondary N) is 2. The Labute approximate surface area is 127 Å². The van der Waals surface area contributed by atoms with Gasteiger partial charge in [0.1, 0.15) is 0 Å². The van der Waals surface area contributed by atoms with Crippen LogP contribution in [0.1, 0.15) is 0 Å². The standard InChI is InChI=1S/C17H13ClN2O/c18-16-9-5-4-8-14(16)15-10-13(11-19-17(15)21)20-12-6-2-1-3-7-12/h1-11,20H,(H,19,21). The number of pyridine rings is 1. The van der Waals surface area contributed by atoms with Crippen molar-refractivity contribution in [3.63, 3.8) is 0 Å². The summed E-state index contributed by atoms with van der Waals surface area (Å²) in [6, 6.07) is 18.9. The largest absolute Gasteiger partial charge is 0.354 e. The summed E-state index contributed by atoms with van der Waals surface area (Å²) in [4.78, 5) is 14.8. The van der Waals surface area contributed by atoms with Gasteiger partial charge in [0.05, 0.1) is 11.3 Å². The van der Waals surface area contributed by atoms with Gasteiger partial charge in [0.2, 0.25) is 0 Å². The van der Waals surface area contributed by atoms with Crippen LogP contribution < -0.4 is 10.9 Å². The normalized spacial score (nSPS) is 10.3. The number of benzene rings is 2. The zero-order chi connectivity index (χ0) is 14.7. The SMILES string of the molecule is O=c1[nH]cc(Nc2ccccc2)cc1-c1ccccc1Cl. The highest BCUT2D eigenvalue weighted by Gasteiger charge is 2.08. The molecule has 0 atom stereocenters. The van der Waals surface area contributed by atoms with Crippen molar-refractivity contribution in [3.05, 3.63) is 82.2 Å². The van der Waals surface area contributed by atoms with Gasteiger partial charge in [0, 0.05) is 22.5 Å². The zero-order valence-electron chi connectivity index (χ0n) is 11.1.